The second kappa shape index (κ2) is 4.09. The molecule has 0 aliphatic carbocycles. The van der Waals surface area contributed by atoms with Crippen LogP contribution in [0.3, 0.4) is 0 Å². The van der Waals surface area contributed by atoms with Gasteiger partial charge in [-0.05, 0) is 13.0 Å². The van der Waals surface area contributed by atoms with Crippen molar-refractivity contribution in [2.75, 3.05) is 5.32 Å². The van der Waals surface area contributed by atoms with E-state index in [0.717, 1.165) is 6.07 Å². The molecule has 0 spiro atoms. The number of halogens is 1. The van der Waals surface area contributed by atoms with E-state index in [-0.39, 0.29) is 5.56 Å². The van der Waals surface area contributed by atoms with E-state index in [1.165, 1.54) is 12.3 Å². The van der Waals surface area contributed by atoms with Crippen LogP contribution in [0.15, 0.2) is 28.9 Å². The van der Waals surface area contributed by atoms with Gasteiger partial charge in [-0.15, -0.1) is 0 Å². The van der Waals surface area contributed by atoms with Crippen LogP contribution in [-0.4, -0.2) is 16.0 Å². The maximum Gasteiger partial charge on any atom is 0.257 e. The monoisotopic (exact) mass is 221 g/mol. The summed E-state index contributed by atoms with van der Waals surface area (Å²) in [6, 6.07) is 4.02. The lowest BCUT2D eigenvalue weighted by atomic mass is 10.2. The molecule has 0 aliphatic heterocycles. The van der Waals surface area contributed by atoms with Gasteiger partial charge >= 0.3 is 0 Å². The fraction of sp³-hybridized carbons (Fsp3) is 0.100. The van der Waals surface area contributed by atoms with E-state index in [2.05, 4.69) is 15.5 Å². The first-order chi connectivity index (χ1) is 7.65. The van der Waals surface area contributed by atoms with Crippen LogP contribution in [0.5, 0.6) is 0 Å². The minimum Gasteiger partial charge on any atom is -0.360 e. The third-order valence-corrected chi connectivity index (χ3v) is 1.86. The number of hydrogen-bond donors (Lipinski definition) is 1. The zero-order valence-electron chi connectivity index (χ0n) is 8.40. The number of rotatable bonds is 2. The van der Waals surface area contributed by atoms with Gasteiger partial charge in [0.15, 0.2) is 5.82 Å². The summed E-state index contributed by atoms with van der Waals surface area (Å²) in [5.74, 6) is -0.297. The number of pyridine rings is 1. The minimum atomic E-state index is -0.705. The van der Waals surface area contributed by atoms with Gasteiger partial charge in [0, 0.05) is 23.9 Å². The second-order valence-corrected chi connectivity index (χ2v) is 3.14. The van der Waals surface area contributed by atoms with Gasteiger partial charge < -0.3 is 9.84 Å². The molecule has 6 heteroatoms. The molecule has 82 valence electrons. The van der Waals surface area contributed by atoms with E-state index in [1.54, 1.807) is 13.0 Å². The standard InChI is InChI=1S/C10H8FN3O2/c1-6-4-9(14-16-6)13-10(15)7-2-3-12-8(11)5-7/h2-5H,1H3,(H,13,14,15). The lowest BCUT2D eigenvalue weighted by Crippen LogP contribution is -2.12. The van der Waals surface area contributed by atoms with Crippen LogP contribution >= 0.6 is 0 Å². The predicted molar refractivity (Wildman–Crippen MR) is 53.4 cm³/mol. The normalized spacial score (nSPS) is 10.1. The van der Waals surface area contributed by atoms with Crippen LogP contribution < -0.4 is 5.32 Å². The Hall–Kier alpha value is -2.24. The first-order valence-electron chi connectivity index (χ1n) is 4.51. The van der Waals surface area contributed by atoms with Gasteiger partial charge in [0.1, 0.15) is 5.76 Å². The van der Waals surface area contributed by atoms with Crippen molar-refractivity contribution in [3.63, 3.8) is 0 Å². The molecule has 1 amide bonds. The summed E-state index contributed by atoms with van der Waals surface area (Å²) in [7, 11) is 0. The quantitative estimate of drug-likeness (QED) is 0.784. The SMILES string of the molecule is Cc1cc(NC(=O)c2ccnc(F)c2)no1. The van der Waals surface area contributed by atoms with Crippen molar-refractivity contribution in [3.8, 4) is 0 Å². The molecule has 0 saturated carbocycles. The molecule has 5 nitrogen and oxygen atoms in total. The highest BCUT2D eigenvalue weighted by Gasteiger charge is 2.09. The summed E-state index contributed by atoms with van der Waals surface area (Å²) in [6.07, 6.45) is 1.22. The van der Waals surface area contributed by atoms with E-state index >= 15 is 0 Å². The molecule has 1 N–H and O–H groups in total. The summed E-state index contributed by atoms with van der Waals surface area (Å²) >= 11 is 0. The van der Waals surface area contributed by atoms with Gasteiger partial charge in [-0.25, -0.2) is 4.98 Å². The average Bonchev–Trinajstić information content (AvgIpc) is 2.64. The third-order valence-electron chi connectivity index (χ3n) is 1.86. The molecule has 2 heterocycles. The Morgan fingerprint density at radius 2 is 2.31 bits per heavy atom. The highest BCUT2D eigenvalue weighted by molar-refractivity contribution is 6.03. The third kappa shape index (κ3) is 2.22. The number of hydrogen-bond acceptors (Lipinski definition) is 4. The number of nitrogens with one attached hydrogen (secondary N) is 1. The first-order valence-corrected chi connectivity index (χ1v) is 4.51. The van der Waals surface area contributed by atoms with Crippen LogP contribution in [0.25, 0.3) is 0 Å². The maximum atomic E-state index is 12.7. The maximum absolute atomic E-state index is 12.7. The Morgan fingerprint density at radius 1 is 1.50 bits per heavy atom. The van der Waals surface area contributed by atoms with E-state index < -0.39 is 11.9 Å². The fourth-order valence-corrected chi connectivity index (χ4v) is 1.16. The summed E-state index contributed by atoms with van der Waals surface area (Å²) in [5.41, 5.74) is 0.174. The molecule has 16 heavy (non-hydrogen) atoms. The molecule has 0 fully saturated rings. The van der Waals surface area contributed by atoms with E-state index in [9.17, 15) is 9.18 Å². The smallest absolute Gasteiger partial charge is 0.257 e. The van der Waals surface area contributed by atoms with Gasteiger partial charge in [-0.3, -0.25) is 4.79 Å². The summed E-state index contributed by atoms with van der Waals surface area (Å²) in [5, 5.41) is 6.06. The lowest BCUT2D eigenvalue weighted by Gasteiger charge is -2.00. The zero-order valence-corrected chi connectivity index (χ0v) is 8.40. The van der Waals surface area contributed by atoms with Crippen molar-refractivity contribution in [3.05, 3.63) is 41.7 Å². The predicted octanol–water partition coefficient (Wildman–Crippen LogP) is 1.77. The van der Waals surface area contributed by atoms with Crippen molar-refractivity contribution in [1.29, 1.82) is 0 Å². The molecule has 0 bridgehead atoms. The van der Waals surface area contributed by atoms with Crippen LogP contribution in [0, 0.1) is 12.9 Å². The number of aryl methyl sites for hydroxylation is 1. The van der Waals surface area contributed by atoms with Crippen molar-refractivity contribution in [1.82, 2.24) is 10.1 Å². The van der Waals surface area contributed by atoms with Gasteiger partial charge in [-0.1, -0.05) is 5.16 Å². The first kappa shape index (κ1) is 10.3. The summed E-state index contributed by atoms with van der Waals surface area (Å²) < 4.78 is 17.5. The Balaban J connectivity index is 2.14. The Kier molecular flexibility index (Phi) is 2.63. The Morgan fingerprint density at radius 3 is 2.94 bits per heavy atom. The van der Waals surface area contributed by atoms with Crippen LogP contribution in [-0.2, 0) is 0 Å². The molecule has 2 rings (SSSR count). The van der Waals surface area contributed by atoms with Gasteiger partial charge in [0.05, 0.1) is 0 Å². The van der Waals surface area contributed by atoms with E-state index in [4.69, 9.17) is 4.52 Å². The van der Waals surface area contributed by atoms with Crippen molar-refractivity contribution < 1.29 is 13.7 Å². The van der Waals surface area contributed by atoms with Crippen LogP contribution in [0.4, 0.5) is 10.2 Å². The van der Waals surface area contributed by atoms with Crippen molar-refractivity contribution in [2.45, 2.75) is 6.92 Å². The molecule has 0 atom stereocenters. The van der Waals surface area contributed by atoms with Crippen LogP contribution in [0.2, 0.25) is 0 Å². The number of anilines is 1. The zero-order chi connectivity index (χ0) is 11.5. The van der Waals surface area contributed by atoms with Crippen LogP contribution in [0.1, 0.15) is 16.1 Å². The molecular weight excluding hydrogens is 213 g/mol. The van der Waals surface area contributed by atoms with E-state index in [1.807, 2.05) is 0 Å². The molecule has 2 aromatic rings. The van der Waals surface area contributed by atoms with Crippen molar-refractivity contribution in [2.24, 2.45) is 0 Å². The lowest BCUT2D eigenvalue weighted by molar-refractivity contribution is 0.102. The molecular formula is C10H8FN3O2. The molecule has 2 aromatic heterocycles. The molecule has 0 aromatic carbocycles. The average molecular weight is 221 g/mol. The second-order valence-electron chi connectivity index (χ2n) is 3.14. The number of nitrogens with zero attached hydrogens (tertiary/aromatic N) is 2. The molecule has 0 unspecified atom stereocenters. The van der Waals surface area contributed by atoms with Crippen molar-refractivity contribution >= 4 is 11.7 Å². The van der Waals surface area contributed by atoms with Gasteiger partial charge in [0.25, 0.3) is 5.91 Å². The minimum absolute atomic E-state index is 0.174. The Bertz CT molecular complexity index is 524. The summed E-state index contributed by atoms with van der Waals surface area (Å²) in [6.45, 7) is 1.70. The fourth-order valence-electron chi connectivity index (χ4n) is 1.16. The molecule has 0 radical (unpaired) electrons. The van der Waals surface area contributed by atoms with E-state index in [0.29, 0.717) is 11.6 Å². The number of carbonyl (C=O) groups is 1. The van der Waals surface area contributed by atoms with Gasteiger partial charge in [-0.2, -0.15) is 4.39 Å². The highest BCUT2D eigenvalue weighted by atomic mass is 19.1. The number of aromatic nitrogens is 2. The number of amides is 1. The molecule has 0 saturated heterocycles. The largest absolute Gasteiger partial charge is 0.360 e. The highest BCUT2D eigenvalue weighted by Crippen LogP contribution is 2.09. The topological polar surface area (TPSA) is 68.0 Å². The summed E-state index contributed by atoms with van der Waals surface area (Å²) in [4.78, 5) is 14.9. The Labute approximate surface area is 90.3 Å². The number of carbonyl (C=O) groups excluding carboxylic acids is 1. The molecule has 0 aliphatic rings. The van der Waals surface area contributed by atoms with Gasteiger partial charge in [0.2, 0.25) is 5.95 Å².